The van der Waals surface area contributed by atoms with Crippen molar-refractivity contribution in [3.63, 3.8) is 0 Å². The Morgan fingerprint density at radius 1 is 1.16 bits per heavy atom. The van der Waals surface area contributed by atoms with Crippen LogP contribution in [-0.4, -0.2) is 40.0 Å². The topological polar surface area (TPSA) is 140 Å². The number of halogens is 2. The van der Waals surface area contributed by atoms with Crippen LogP contribution in [-0.2, 0) is 17.8 Å². The predicted octanol–water partition coefficient (Wildman–Crippen LogP) is 4.36. The molecule has 43 heavy (non-hydrogen) atoms. The van der Waals surface area contributed by atoms with E-state index in [0.29, 0.717) is 35.2 Å². The van der Waals surface area contributed by atoms with E-state index in [1.165, 1.54) is 23.1 Å². The third-order valence-electron chi connectivity index (χ3n) is 6.94. The lowest BCUT2D eigenvalue weighted by molar-refractivity contribution is -0.286. The van der Waals surface area contributed by atoms with Gasteiger partial charge in [0.2, 0.25) is 5.91 Å². The number of hydrogen-bond donors (Lipinski definition) is 1. The van der Waals surface area contributed by atoms with E-state index < -0.39 is 35.8 Å². The van der Waals surface area contributed by atoms with Crippen LogP contribution >= 0.6 is 0 Å². The minimum absolute atomic E-state index is 0.0175. The van der Waals surface area contributed by atoms with Gasteiger partial charge in [-0.3, -0.25) is 14.4 Å². The van der Waals surface area contributed by atoms with Crippen molar-refractivity contribution in [2.75, 3.05) is 11.4 Å². The molecule has 2 aliphatic heterocycles. The van der Waals surface area contributed by atoms with Gasteiger partial charge >= 0.3 is 6.29 Å². The number of aromatic nitrogens is 2. The number of furan rings is 1. The second-order valence-corrected chi connectivity index (χ2v) is 11.3. The van der Waals surface area contributed by atoms with Crippen molar-refractivity contribution in [2.24, 2.45) is 0 Å². The summed E-state index contributed by atoms with van der Waals surface area (Å²) in [5, 5.41) is 16.7. The Hall–Kier alpha value is -5.25. The smallest absolute Gasteiger partial charge is 0.448 e. The number of alkyl halides is 2. The number of nitrogens with zero attached hydrogens (tertiary/aromatic N) is 4. The van der Waals surface area contributed by atoms with Gasteiger partial charge in [-0.2, -0.15) is 10.4 Å². The summed E-state index contributed by atoms with van der Waals surface area (Å²) >= 11 is 0. The highest BCUT2D eigenvalue weighted by atomic mass is 19.3. The molecule has 4 aromatic rings. The first-order chi connectivity index (χ1) is 20.3. The lowest BCUT2D eigenvalue weighted by Crippen LogP contribution is -2.40. The summed E-state index contributed by atoms with van der Waals surface area (Å²) in [5.74, 6) is -1.42. The van der Waals surface area contributed by atoms with Crippen LogP contribution in [0.2, 0.25) is 0 Å². The Labute approximate surface area is 243 Å². The zero-order valence-corrected chi connectivity index (χ0v) is 23.4. The van der Waals surface area contributed by atoms with Crippen molar-refractivity contribution in [1.29, 1.82) is 5.26 Å². The summed E-state index contributed by atoms with van der Waals surface area (Å²) in [6.45, 7) is 5.16. The fourth-order valence-corrected chi connectivity index (χ4v) is 5.18. The van der Waals surface area contributed by atoms with E-state index >= 15 is 0 Å². The molecule has 1 N–H and O–H groups in total. The van der Waals surface area contributed by atoms with Gasteiger partial charge in [-0.05, 0) is 57.9 Å². The molecule has 0 aliphatic carbocycles. The van der Waals surface area contributed by atoms with E-state index in [4.69, 9.17) is 9.15 Å². The van der Waals surface area contributed by atoms with Gasteiger partial charge in [0.15, 0.2) is 22.8 Å². The maximum atomic E-state index is 13.8. The Morgan fingerprint density at radius 3 is 2.70 bits per heavy atom. The van der Waals surface area contributed by atoms with Gasteiger partial charge in [-0.15, -0.1) is 8.78 Å². The number of fused-ring (bicyclic) bond motifs is 4. The average Bonchev–Trinajstić information content (AvgIpc) is 3.54. The highest BCUT2D eigenvalue weighted by Gasteiger charge is 2.45. The summed E-state index contributed by atoms with van der Waals surface area (Å²) in [7, 11) is 0. The van der Waals surface area contributed by atoms with Gasteiger partial charge in [-0.1, -0.05) is 12.1 Å². The third-order valence-corrected chi connectivity index (χ3v) is 6.94. The Morgan fingerprint density at radius 2 is 1.95 bits per heavy atom. The lowest BCUT2D eigenvalue weighted by Gasteiger charge is -2.30. The second kappa shape index (κ2) is 9.94. The number of carbonyl (C=O) groups excluding carboxylic acids is 2. The number of hydrogen-bond acceptors (Lipinski definition) is 8. The Balaban J connectivity index is 1.42. The third kappa shape index (κ3) is 5.16. The SMILES string of the molecule is CC(C)(C)NC(=O)c1cc2c(=O)n(CC(=O)N3CCCc4c3ccc3c4OC(F)(F)O3)nc(-c3cccc(C#N)c3)c2o1. The van der Waals surface area contributed by atoms with Crippen molar-refractivity contribution < 1.29 is 32.3 Å². The van der Waals surface area contributed by atoms with Gasteiger partial charge in [-0.25, -0.2) is 4.68 Å². The largest absolute Gasteiger partial charge is 0.586 e. The van der Waals surface area contributed by atoms with Crippen LogP contribution < -0.4 is 25.2 Å². The number of nitrogens with one attached hydrogen (secondary N) is 1. The minimum Gasteiger partial charge on any atom is -0.448 e. The first-order valence-corrected chi connectivity index (χ1v) is 13.4. The monoisotopic (exact) mass is 589 g/mol. The summed E-state index contributed by atoms with van der Waals surface area (Å²) in [6, 6.07) is 12.6. The maximum absolute atomic E-state index is 13.8. The van der Waals surface area contributed by atoms with Crippen LogP contribution in [0.25, 0.3) is 22.2 Å². The molecular formula is C30H25F2N5O6. The van der Waals surface area contributed by atoms with E-state index in [9.17, 15) is 28.4 Å². The number of nitriles is 1. The quantitative estimate of drug-likeness (QED) is 0.371. The van der Waals surface area contributed by atoms with E-state index in [1.54, 1.807) is 45.0 Å². The lowest BCUT2D eigenvalue weighted by atomic mass is 10.00. The number of carbonyl (C=O) groups is 2. The molecule has 0 saturated heterocycles. The van der Waals surface area contributed by atoms with Crippen molar-refractivity contribution in [3.05, 3.63) is 69.7 Å². The molecule has 0 radical (unpaired) electrons. The molecule has 6 rings (SSSR count). The van der Waals surface area contributed by atoms with Crippen LogP contribution in [0.15, 0.2) is 51.7 Å². The fraction of sp³-hybridized carbons (Fsp3) is 0.300. The summed E-state index contributed by atoms with van der Waals surface area (Å²) in [6.07, 6.45) is -2.95. The number of ether oxygens (including phenoxy) is 2. The van der Waals surface area contributed by atoms with Crippen molar-refractivity contribution in [2.45, 2.75) is 52.0 Å². The molecule has 220 valence electrons. The molecule has 0 fully saturated rings. The first kappa shape index (κ1) is 27.9. The van der Waals surface area contributed by atoms with Gasteiger partial charge in [0.1, 0.15) is 12.2 Å². The molecule has 2 amide bonds. The standard InChI is InChI=1S/C30H25F2N5O6/c1-29(2,3)34-27(39)22-13-19-26(41-22)24(17-7-4-6-16(12-17)14-33)35-37(28(19)40)15-23(38)36-11-5-8-18-20(36)9-10-21-25(18)43-30(31,32)42-21/h4,6-7,9-10,12-13H,5,8,11,15H2,1-3H3,(H,34,39). The zero-order chi connectivity index (χ0) is 30.7. The molecule has 0 atom stereocenters. The molecule has 2 aromatic carbocycles. The Kier molecular flexibility index (Phi) is 6.45. The van der Waals surface area contributed by atoms with E-state index in [-0.39, 0.29) is 40.5 Å². The fourth-order valence-electron chi connectivity index (χ4n) is 5.18. The molecule has 0 saturated carbocycles. The van der Waals surface area contributed by atoms with E-state index in [0.717, 1.165) is 4.68 Å². The number of rotatable bonds is 4. The molecule has 2 aromatic heterocycles. The molecule has 0 bridgehead atoms. The summed E-state index contributed by atoms with van der Waals surface area (Å²) < 4.78 is 43.6. The number of benzene rings is 2. The first-order valence-electron chi connectivity index (χ1n) is 13.4. The van der Waals surface area contributed by atoms with Gasteiger partial charge in [0.25, 0.3) is 11.5 Å². The van der Waals surface area contributed by atoms with Crippen molar-refractivity contribution in [3.8, 4) is 28.8 Å². The highest BCUT2D eigenvalue weighted by Crippen LogP contribution is 2.48. The molecular weight excluding hydrogens is 564 g/mol. The van der Waals surface area contributed by atoms with E-state index in [1.807, 2.05) is 6.07 Å². The van der Waals surface area contributed by atoms with Crippen LogP contribution in [0.5, 0.6) is 11.5 Å². The molecule has 0 spiro atoms. The summed E-state index contributed by atoms with van der Waals surface area (Å²) in [5.41, 5.74) is 0.457. The van der Waals surface area contributed by atoms with Crippen molar-refractivity contribution >= 4 is 28.5 Å². The minimum atomic E-state index is -3.80. The average molecular weight is 590 g/mol. The highest BCUT2D eigenvalue weighted by molar-refractivity contribution is 5.99. The maximum Gasteiger partial charge on any atom is 0.586 e. The van der Waals surface area contributed by atoms with Crippen LogP contribution in [0.3, 0.4) is 0 Å². The number of amides is 2. The van der Waals surface area contributed by atoms with Crippen LogP contribution in [0, 0.1) is 11.3 Å². The zero-order valence-electron chi connectivity index (χ0n) is 23.4. The molecule has 0 unspecified atom stereocenters. The van der Waals surface area contributed by atoms with Crippen molar-refractivity contribution in [1.82, 2.24) is 15.1 Å². The predicted molar refractivity (Wildman–Crippen MR) is 149 cm³/mol. The summed E-state index contributed by atoms with van der Waals surface area (Å²) in [4.78, 5) is 41.5. The number of anilines is 1. The van der Waals surface area contributed by atoms with Crippen LogP contribution in [0.1, 0.15) is 48.9 Å². The van der Waals surface area contributed by atoms with Crippen LogP contribution in [0.4, 0.5) is 14.5 Å². The second-order valence-electron chi connectivity index (χ2n) is 11.3. The molecule has 11 nitrogen and oxygen atoms in total. The normalized spacial score (nSPS) is 15.2. The van der Waals surface area contributed by atoms with Gasteiger partial charge in [0.05, 0.1) is 22.7 Å². The molecule has 2 aliphatic rings. The Bertz CT molecular complexity index is 1920. The van der Waals surface area contributed by atoms with Gasteiger partial charge in [0, 0.05) is 29.3 Å². The molecule has 13 heteroatoms. The molecule has 4 heterocycles. The van der Waals surface area contributed by atoms with E-state index in [2.05, 4.69) is 15.2 Å². The van der Waals surface area contributed by atoms with Gasteiger partial charge < -0.3 is 24.1 Å².